The van der Waals surface area contributed by atoms with E-state index >= 15 is 0 Å². The molecule has 0 aromatic heterocycles. The fraction of sp³-hybridized carbons (Fsp3) is 0. The molecule has 0 heterocycles. The summed E-state index contributed by atoms with van der Waals surface area (Å²) in [6, 6.07) is 30.0. The van der Waals surface area contributed by atoms with Crippen molar-refractivity contribution in [3.63, 3.8) is 0 Å². The van der Waals surface area contributed by atoms with Crippen LogP contribution in [0.1, 0.15) is 0 Å². The number of rotatable bonds is 3. The molecule has 0 spiro atoms. The number of hydrogen-bond acceptors (Lipinski definition) is 2. The number of carbonyl (C=O) groups is 1. The second kappa shape index (κ2) is 9.15. The smallest absolute Gasteiger partial charge is 0.249 e. The van der Waals surface area contributed by atoms with Gasteiger partial charge in [-0.1, -0.05) is 52.3 Å². The second-order valence-electron chi connectivity index (χ2n) is 4.65. The lowest BCUT2D eigenvalue weighted by Crippen LogP contribution is -2.17. The minimum Gasteiger partial charge on any atom is -0.565 e. The Hall–Kier alpha value is -2.24. The summed E-state index contributed by atoms with van der Waals surface area (Å²) >= 11 is 3.51. The summed E-state index contributed by atoms with van der Waals surface area (Å²) in [4.78, 5) is 12.5. The predicted octanol–water partition coefficient (Wildman–Crippen LogP) is 4.43. The molecule has 0 atom stereocenters. The van der Waals surface area contributed by atoms with Crippen LogP contribution in [0.3, 0.4) is 0 Å². The van der Waals surface area contributed by atoms with Crippen molar-refractivity contribution in [2.24, 2.45) is 0 Å². The van der Waals surface area contributed by atoms with E-state index in [-0.39, 0.29) is 10.9 Å². The average molecular weight is 403 g/mol. The molecule has 0 radical (unpaired) electrons. The zero-order valence-corrected chi connectivity index (χ0v) is 15.0. The van der Waals surface area contributed by atoms with E-state index in [1.54, 1.807) is 0 Å². The van der Waals surface area contributed by atoms with Crippen molar-refractivity contribution in [3.8, 4) is 0 Å². The van der Waals surface area contributed by atoms with Crippen LogP contribution in [0.2, 0.25) is 0 Å². The van der Waals surface area contributed by atoms with E-state index in [4.69, 9.17) is 15.0 Å². The highest BCUT2D eigenvalue weighted by atomic mass is 79.9. The molecule has 3 rings (SSSR count). The third-order valence-corrected chi connectivity index (χ3v) is 5.77. The molecule has 3 aromatic carbocycles. The quantitative estimate of drug-likeness (QED) is 0.658. The van der Waals surface area contributed by atoms with Crippen molar-refractivity contribution >= 4 is 33.0 Å². The first kappa shape index (κ1) is 18.1. The van der Waals surface area contributed by atoms with Crippen molar-refractivity contribution in [3.05, 3.63) is 89.4 Å². The first-order valence-electron chi connectivity index (χ1n) is 7.08. The highest BCUT2D eigenvalue weighted by Crippen LogP contribution is 2.31. The van der Waals surface area contributed by atoms with E-state index in [0.717, 1.165) is 4.47 Å². The fourth-order valence-electron chi connectivity index (χ4n) is 2.09. The molecule has 0 saturated heterocycles. The van der Waals surface area contributed by atoms with Gasteiger partial charge in [0.05, 0.1) is 10.9 Å². The van der Waals surface area contributed by atoms with Crippen LogP contribution >= 0.6 is 15.9 Å². The summed E-state index contributed by atoms with van der Waals surface area (Å²) in [6.07, 6.45) is -2.08. The Morgan fingerprint density at radius 1 is 0.750 bits per heavy atom. The first-order valence-corrected chi connectivity index (χ1v) is 9.09. The zero-order valence-electron chi connectivity index (χ0n) is 12.6. The summed E-state index contributed by atoms with van der Waals surface area (Å²) in [5, 5.41) is 15.3. The minimum absolute atomic E-state index is 0.0437. The van der Waals surface area contributed by atoms with Gasteiger partial charge in [0.1, 0.15) is 0 Å². The van der Waals surface area contributed by atoms with Crippen molar-refractivity contribution in [1.82, 2.24) is 0 Å². The molecule has 0 fully saturated rings. The molecule has 0 amide bonds. The summed E-state index contributed by atoms with van der Waals surface area (Å²) in [5.41, 5.74) is 0. The maximum Gasteiger partial charge on any atom is 0.249 e. The van der Waals surface area contributed by atoms with Crippen LogP contribution in [0, 0.1) is 0 Å². The third kappa shape index (κ3) is 5.44. The van der Waals surface area contributed by atoms with Crippen LogP contribution in [0.15, 0.2) is 104 Å². The molecule has 122 valence electrons. The topological polar surface area (TPSA) is 60.4 Å². The van der Waals surface area contributed by atoms with Gasteiger partial charge in [0, 0.05) is 4.47 Å². The van der Waals surface area contributed by atoms with Gasteiger partial charge in [0.25, 0.3) is 0 Å². The van der Waals surface area contributed by atoms with Crippen LogP contribution in [0.5, 0.6) is 0 Å². The maximum absolute atomic E-state index is 8.44. The van der Waals surface area contributed by atoms with Crippen LogP contribution in [-0.2, 0) is 10.9 Å². The molecular formula is C19H15BrO3S. The number of hydrogen-bond donors (Lipinski definition) is 1. The van der Waals surface area contributed by atoms with Crippen LogP contribution in [-0.4, -0.2) is 11.3 Å². The standard InChI is InChI=1S/C18H14BrS.CH2O3/c19-15-11-13-18(14-12-15)20(16-7-3-1-4-8-16)17-9-5-2-6-10-17;2-1(3)4/h1-14H;(H2,2,3,4)/q+1;/p-1. The van der Waals surface area contributed by atoms with Crippen molar-refractivity contribution < 1.29 is 15.0 Å². The Bertz CT molecular complexity index is 718. The van der Waals surface area contributed by atoms with Gasteiger partial charge in [-0.15, -0.1) is 0 Å². The minimum atomic E-state index is -2.08. The average Bonchev–Trinajstić information content (AvgIpc) is 2.58. The Kier molecular flexibility index (Phi) is 6.90. The molecule has 0 aliphatic rings. The SMILES string of the molecule is Brc1ccc([S+](c2ccccc2)c2ccccc2)cc1.O=C([O-])O. The van der Waals surface area contributed by atoms with Crippen LogP contribution < -0.4 is 5.11 Å². The van der Waals surface area contributed by atoms with E-state index in [1.165, 1.54) is 14.7 Å². The number of halogens is 1. The van der Waals surface area contributed by atoms with Gasteiger partial charge in [-0.25, -0.2) is 0 Å². The third-order valence-electron chi connectivity index (χ3n) is 3.01. The lowest BCUT2D eigenvalue weighted by atomic mass is 10.4. The lowest BCUT2D eigenvalue weighted by Gasteiger charge is -2.07. The molecule has 0 aliphatic carbocycles. The van der Waals surface area contributed by atoms with Crippen molar-refractivity contribution in [1.29, 1.82) is 0 Å². The van der Waals surface area contributed by atoms with E-state index in [2.05, 4.69) is 101 Å². The predicted molar refractivity (Wildman–Crippen MR) is 97.2 cm³/mol. The lowest BCUT2D eigenvalue weighted by molar-refractivity contribution is -0.275. The number of benzene rings is 3. The molecule has 0 aliphatic heterocycles. The first-order chi connectivity index (χ1) is 11.6. The highest BCUT2D eigenvalue weighted by Gasteiger charge is 2.27. The fourth-order valence-corrected chi connectivity index (χ4v) is 4.44. The van der Waals surface area contributed by atoms with Gasteiger partial charge in [-0.2, -0.15) is 0 Å². The van der Waals surface area contributed by atoms with Gasteiger partial charge in [-0.05, 0) is 48.5 Å². The molecule has 0 saturated carbocycles. The monoisotopic (exact) mass is 402 g/mol. The van der Waals surface area contributed by atoms with Gasteiger partial charge < -0.3 is 15.0 Å². The Balaban J connectivity index is 0.000000471. The van der Waals surface area contributed by atoms with Crippen LogP contribution in [0.4, 0.5) is 4.79 Å². The van der Waals surface area contributed by atoms with Crippen molar-refractivity contribution in [2.45, 2.75) is 14.7 Å². The summed E-state index contributed by atoms with van der Waals surface area (Å²) < 4.78 is 1.12. The summed E-state index contributed by atoms with van der Waals surface area (Å²) in [7, 11) is -0.0437. The Labute approximate surface area is 152 Å². The normalized spacial score (nSPS) is 9.92. The van der Waals surface area contributed by atoms with Gasteiger partial charge >= 0.3 is 0 Å². The van der Waals surface area contributed by atoms with E-state index < -0.39 is 6.16 Å². The molecule has 5 heteroatoms. The Morgan fingerprint density at radius 3 is 1.46 bits per heavy atom. The largest absolute Gasteiger partial charge is 0.565 e. The molecule has 0 bridgehead atoms. The summed E-state index contributed by atoms with van der Waals surface area (Å²) in [6.45, 7) is 0. The number of carboxylic acid groups (broad SMARTS) is 2. The zero-order chi connectivity index (χ0) is 17.4. The summed E-state index contributed by atoms with van der Waals surface area (Å²) in [5.74, 6) is 0. The molecular weight excluding hydrogens is 388 g/mol. The van der Waals surface area contributed by atoms with E-state index in [9.17, 15) is 0 Å². The van der Waals surface area contributed by atoms with Gasteiger partial charge in [0.2, 0.25) is 6.16 Å². The molecule has 24 heavy (non-hydrogen) atoms. The van der Waals surface area contributed by atoms with E-state index in [0.29, 0.717) is 0 Å². The van der Waals surface area contributed by atoms with Gasteiger partial charge in [-0.3, -0.25) is 0 Å². The second-order valence-corrected chi connectivity index (χ2v) is 7.59. The maximum atomic E-state index is 8.44. The molecule has 0 unspecified atom stereocenters. The van der Waals surface area contributed by atoms with E-state index in [1.807, 2.05) is 0 Å². The highest BCUT2D eigenvalue weighted by molar-refractivity contribution is 9.10. The molecule has 3 nitrogen and oxygen atoms in total. The molecule has 3 aromatic rings. The van der Waals surface area contributed by atoms with Crippen LogP contribution in [0.25, 0.3) is 0 Å². The van der Waals surface area contributed by atoms with Crippen molar-refractivity contribution in [2.75, 3.05) is 0 Å². The Morgan fingerprint density at radius 2 is 1.08 bits per heavy atom. The molecule has 1 N–H and O–H groups in total. The van der Waals surface area contributed by atoms with Gasteiger partial charge in [0.15, 0.2) is 14.7 Å².